The Morgan fingerprint density at radius 1 is 1.27 bits per heavy atom. The molecule has 0 aromatic carbocycles. The summed E-state index contributed by atoms with van der Waals surface area (Å²) >= 11 is 0. The average molecular weight is 174 g/mol. The maximum Gasteiger partial charge on any atom is 0.148 e. The van der Waals surface area contributed by atoms with Crippen LogP contribution in [0, 0.1) is 5.41 Å². The summed E-state index contributed by atoms with van der Waals surface area (Å²) in [6.45, 7) is 9.66. The van der Waals surface area contributed by atoms with Crippen LogP contribution >= 0.6 is 0 Å². The van der Waals surface area contributed by atoms with Crippen molar-refractivity contribution in [3.05, 3.63) is 0 Å². The molecule has 0 aliphatic heterocycles. The van der Waals surface area contributed by atoms with Crippen molar-refractivity contribution in [1.29, 1.82) is 0 Å². The first-order valence-electron chi connectivity index (χ1n) is 3.94. The van der Waals surface area contributed by atoms with Crippen LogP contribution in [-0.2, 0) is 4.79 Å². The van der Waals surface area contributed by atoms with Crippen LogP contribution in [0.3, 0.4) is 0 Å². The van der Waals surface area contributed by atoms with E-state index < -0.39 is 14.0 Å². The Bertz CT molecular complexity index is 149. The molecule has 0 spiro atoms. The first-order valence-corrected chi connectivity index (χ1v) is 6.83. The van der Waals surface area contributed by atoms with Gasteiger partial charge in [0.05, 0.1) is 8.80 Å². The van der Waals surface area contributed by atoms with E-state index in [1.54, 1.807) is 0 Å². The molecule has 0 saturated heterocycles. The zero-order chi connectivity index (χ0) is 9.28. The van der Waals surface area contributed by atoms with E-state index in [0.29, 0.717) is 6.29 Å². The molecule has 0 rings (SSSR count). The second-order valence-corrected chi connectivity index (χ2v) is 7.54. The highest BCUT2D eigenvalue weighted by molar-refractivity contribution is 6.62. The zero-order valence-electron chi connectivity index (χ0n) is 8.01. The molecule has 1 N–H and O–H groups in total. The number of hydrogen-bond acceptors (Lipinski definition) is 2. The van der Waals surface area contributed by atoms with E-state index in [1.165, 1.54) is 0 Å². The molecule has 0 radical (unpaired) electrons. The Morgan fingerprint density at radius 3 is 1.64 bits per heavy atom. The van der Waals surface area contributed by atoms with Crippen LogP contribution in [-0.4, -0.2) is 25.4 Å². The van der Waals surface area contributed by atoms with E-state index in [9.17, 15) is 9.90 Å². The van der Waals surface area contributed by atoms with Gasteiger partial charge in [-0.3, -0.25) is 0 Å². The molecule has 1 unspecified atom stereocenters. The molecule has 0 heterocycles. The van der Waals surface area contributed by atoms with Crippen molar-refractivity contribution in [3.63, 3.8) is 0 Å². The minimum atomic E-state index is -1.34. The molecular formula is C8H18O2Si. The summed E-state index contributed by atoms with van der Waals surface area (Å²) < 4.78 is 0. The minimum absolute atomic E-state index is 0.324. The number of carbonyl (C=O) groups excluding carboxylic acids is 1. The summed E-state index contributed by atoms with van der Waals surface area (Å²) in [7, 11) is -1.34. The molecule has 2 nitrogen and oxygen atoms in total. The molecule has 1 atom stereocenters. The van der Waals surface area contributed by atoms with E-state index in [-0.39, 0.29) is 5.41 Å². The van der Waals surface area contributed by atoms with Gasteiger partial charge < -0.3 is 9.90 Å². The van der Waals surface area contributed by atoms with Gasteiger partial charge in [0, 0.05) is 0 Å². The van der Waals surface area contributed by atoms with Crippen molar-refractivity contribution in [2.24, 2.45) is 5.41 Å². The van der Waals surface area contributed by atoms with Crippen molar-refractivity contribution >= 4 is 15.1 Å². The van der Waals surface area contributed by atoms with Gasteiger partial charge in [0.2, 0.25) is 0 Å². The van der Waals surface area contributed by atoms with Crippen molar-refractivity contribution in [1.82, 2.24) is 0 Å². The molecule has 0 saturated carbocycles. The van der Waals surface area contributed by atoms with E-state index >= 15 is 0 Å². The van der Waals surface area contributed by atoms with Gasteiger partial charge in [-0.25, -0.2) is 0 Å². The number of rotatable bonds is 2. The van der Waals surface area contributed by atoms with Crippen LogP contribution in [0.1, 0.15) is 20.8 Å². The first kappa shape index (κ1) is 10.8. The fraction of sp³-hybridized carbons (Fsp3) is 0.875. The van der Waals surface area contributed by atoms with Crippen LogP contribution in [0.15, 0.2) is 0 Å². The molecule has 3 heteroatoms. The van der Waals surface area contributed by atoms with Crippen molar-refractivity contribution in [2.45, 2.75) is 39.1 Å². The number of aldehydes is 1. The van der Waals surface area contributed by atoms with Crippen LogP contribution in [0.5, 0.6) is 0 Å². The summed E-state index contributed by atoms with van der Waals surface area (Å²) in [6.07, 6.45) is 0.712. The first-order chi connectivity index (χ1) is 4.75. The molecular weight excluding hydrogens is 156 g/mol. The summed E-state index contributed by atoms with van der Waals surface area (Å²) in [5, 5.41) is 8.86. The monoisotopic (exact) mass is 174 g/mol. The molecule has 66 valence electrons. The third-order valence-corrected chi connectivity index (χ3v) is 5.02. The smallest absolute Gasteiger partial charge is 0.148 e. The topological polar surface area (TPSA) is 37.3 Å². The molecule has 0 aromatic rings. The number of carbonyl (C=O) groups is 1. The lowest BCUT2D eigenvalue weighted by Crippen LogP contribution is -2.54. The maximum absolute atomic E-state index is 10.7. The molecule has 0 fully saturated rings. The average Bonchev–Trinajstić information content (AvgIpc) is 1.83. The standard InChI is InChI=1S/C8H18O2Si/c1-7(2,3)8(10,6-9)11(4)5/h6,10-11H,1-5H3. The summed E-state index contributed by atoms with van der Waals surface area (Å²) in [6, 6.07) is 0. The fourth-order valence-corrected chi connectivity index (χ4v) is 3.18. The Balaban J connectivity index is 4.75. The molecule has 0 amide bonds. The van der Waals surface area contributed by atoms with E-state index in [0.717, 1.165) is 0 Å². The quantitative estimate of drug-likeness (QED) is 0.501. The lowest BCUT2D eigenvalue weighted by atomic mass is 9.89. The van der Waals surface area contributed by atoms with E-state index in [2.05, 4.69) is 0 Å². The highest BCUT2D eigenvalue weighted by atomic mass is 28.3. The lowest BCUT2D eigenvalue weighted by Gasteiger charge is -2.38. The normalized spacial score (nSPS) is 18.1. The van der Waals surface area contributed by atoms with Crippen molar-refractivity contribution in [2.75, 3.05) is 0 Å². The number of hydrogen-bond donors (Lipinski definition) is 1. The van der Waals surface area contributed by atoms with Crippen LogP contribution in [0.4, 0.5) is 0 Å². The highest BCUT2D eigenvalue weighted by Crippen LogP contribution is 2.30. The zero-order valence-corrected chi connectivity index (χ0v) is 9.16. The van der Waals surface area contributed by atoms with Crippen LogP contribution in [0.25, 0.3) is 0 Å². The summed E-state index contributed by atoms with van der Waals surface area (Å²) in [5.74, 6) is 0. The molecule has 11 heavy (non-hydrogen) atoms. The number of aliphatic hydroxyl groups is 1. The summed E-state index contributed by atoms with van der Waals surface area (Å²) in [4.78, 5) is 10.7. The largest absolute Gasteiger partial charge is 0.386 e. The molecule has 0 bridgehead atoms. The third kappa shape index (κ3) is 1.90. The third-order valence-electron chi connectivity index (χ3n) is 2.26. The van der Waals surface area contributed by atoms with Crippen molar-refractivity contribution in [3.8, 4) is 0 Å². The van der Waals surface area contributed by atoms with Gasteiger partial charge in [0.1, 0.15) is 11.5 Å². The van der Waals surface area contributed by atoms with Gasteiger partial charge >= 0.3 is 0 Å². The van der Waals surface area contributed by atoms with E-state index in [4.69, 9.17) is 0 Å². The Kier molecular flexibility index (Phi) is 3.03. The SMILES string of the molecule is C[SiH](C)C(O)(C=O)C(C)(C)C. The molecule has 0 aliphatic carbocycles. The fourth-order valence-electron chi connectivity index (χ4n) is 1.18. The summed E-state index contributed by atoms with van der Waals surface area (Å²) in [5.41, 5.74) is -0.324. The predicted octanol–water partition coefficient (Wildman–Crippen LogP) is 0.988. The second kappa shape index (κ2) is 3.07. The van der Waals surface area contributed by atoms with Crippen molar-refractivity contribution < 1.29 is 9.90 Å². The Morgan fingerprint density at radius 2 is 1.64 bits per heavy atom. The van der Waals surface area contributed by atoms with E-state index in [1.807, 2.05) is 33.9 Å². The van der Waals surface area contributed by atoms with Gasteiger partial charge in [-0.1, -0.05) is 33.9 Å². The minimum Gasteiger partial charge on any atom is -0.386 e. The van der Waals surface area contributed by atoms with Gasteiger partial charge in [-0.15, -0.1) is 0 Å². The second-order valence-electron chi connectivity index (χ2n) is 4.35. The highest BCUT2D eigenvalue weighted by Gasteiger charge is 2.42. The van der Waals surface area contributed by atoms with Gasteiger partial charge in [-0.2, -0.15) is 0 Å². The van der Waals surface area contributed by atoms with Gasteiger partial charge in [0.15, 0.2) is 0 Å². The van der Waals surface area contributed by atoms with Crippen LogP contribution < -0.4 is 0 Å². The van der Waals surface area contributed by atoms with Gasteiger partial charge in [-0.05, 0) is 5.41 Å². The predicted molar refractivity (Wildman–Crippen MR) is 49.3 cm³/mol. The Labute approximate surface area is 70.2 Å². The Hall–Kier alpha value is -0.153. The molecule has 0 aromatic heterocycles. The van der Waals surface area contributed by atoms with Gasteiger partial charge in [0.25, 0.3) is 0 Å². The lowest BCUT2D eigenvalue weighted by molar-refractivity contribution is -0.124. The van der Waals surface area contributed by atoms with Crippen LogP contribution in [0.2, 0.25) is 13.1 Å². The maximum atomic E-state index is 10.7. The molecule has 0 aliphatic rings.